The van der Waals surface area contributed by atoms with E-state index in [1.807, 2.05) is 31.2 Å². The predicted octanol–water partition coefficient (Wildman–Crippen LogP) is 1.15. The van der Waals surface area contributed by atoms with E-state index in [0.29, 0.717) is 0 Å². The van der Waals surface area contributed by atoms with Crippen molar-refractivity contribution in [2.75, 3.05) is 5.84 Å². The van der Waals surface area contributed by atoms with Crippen LogP contribution < -0.4 is 10.5 Å². The molecule has 1 aromatic carbocycles. The lowest BCUT2D eigenvalue weighted by molar-refractivity contribution is -0.618. The van der Waals surface area contributed by atoms with Crippen LogP contribution in [0.25, 0.3) is 10.9 Å². The fourth-order valence-electron chi connectivity index (χ4n) is 1.33. The molecule has 0 bridgehead atoms. The molecule has 60 valence electrons. The number of hydrogen-bond acceptors (Lipinski definition) is 1. The molecule has 0 saturated heterocycles. The van der Waals surface area contributed by atoms with Gasteiger partial charge in [0.2, 0.25) is 11.2 Å². The van der Waals surface area contributed by atoms with Gasteiger partial charge in [0.25, 0.3) is 0 Å². The molecular weight excluding hydrogens is 148 g/mol. The van der Waals surface area contributed by atoms with Crippen molar-refractivity contribution in [3.63, 3.8) is 0 Å². The van der Waals surface area contributed by atoms with Crippen LogP contribution in [-0.2, 0) is 0 Å². The van der Waals surface area contributed by atoms with Crippen LogP contribution in [0.5, 0.6) is 0 Å². The summed E-state index contributed by atoms with van der Waals surface area (Å²) < 4.78 is 1.70. The van der Waals surface area contributed by atoms with Crippen LogP contribution >= 0.6 is 0 Å². The SMILES string of the molecule is Cc1ccc2ccccc2[n+]1N. The lowest BCUT2D eigenvalue weighted by Crippen LogP contribution is -2.47. The minimum absolute atomic E-state index is 1.06. The van der Waals surface area contributed by atoms with Crippen molar-refractivity contribution >= 4 is 10.9 Å². The molecule has 0 aliphatic carbocycles. The summed E-state index contributed by atoms with van der Waals surface area (Å²) in [6.45, 7) is 1.99. The predicted molar refractivity (Wildman–Crippen MR) is 49.0 cm³/mol. The van der Waals surface area contributed by atoms with Crippen LogP contribution in [-0.4, -0.2) is 0 Å². The number of nitrogens with two attached hydrogens (primary N) is 1. The number of benzene rings is 1. The van der Waals surface area contributed by atoms with Crippen molar-refractivity contribution in [1.29, 1.82) is 0 Å². The first kappa shape index (κ1) is 7.10. The van der Waals surface area contributed by atoms with E-state index in [0.717, 1.165) is 11.2 Å². The van der Waals surface area contributed by atoms with Gasteiger partial charge in [0.15, 0.2) is 0 Å². The molecule has 2 rings (SSSR count). The Morgan fingerprint density at radius 2 is 1.83 bits per heavy atom. The van der Waals surface area contributed by atoms with E-state index in [2.05, 4.69) is 12.1 Å². The molecule has 0 unspecified atom stereocenters. The zero-order valence-electron chi connectivity index (χ0n) is 6.99. The summed E-state index contributed by atoms with van der Waals surface area (Å²) in [5, 5.41) is 1.17. The highest BCUT2D eigenvalue weighted by Crippen LogP contribution is 2.08. The maximum Gasteiger partial charge on any atom is 0.242 e. The molecule has 0 aliphatic heterocycles. The Morgan fingerprint density at radius 3 is 2.67 bits per heavy atom. The Hall–Kier alpha value is -1.57. The first-order valence-corrected chi connectivity index (χ1v) is 3.94. The number of fused-ring (bicyclic) bond motifs is 1. The minimum atomic E-state index is 1.06. The Kier molecular flexibility index (Phi) is 1.47. The quantitative estimate of drug-likeness (QED) is 0.453. The molecular formula is C10H11N2+. The second kappa shape index (κ2) is 2.48. The number of aryl methyl sites for hydroxylation is 1. The number of nitrogens with zero attached hydrogens (tertiary/aromatic N) is 1. The summed E-state index contributed by atoms with van der Waals surface area (Å²) in [7, 11) is 0. The van der Waals surface area contributed by atoms with Gasteiger partial charge in [-0.1, -0.05) is 16.8 Å². The molecule has 1 heterocycles. The Balaban J connectivity index is 2.91. The summed E-state index contributed by atoms with van der Waals surface area (Å²) in [5.74, 6) is 5.83. The molecule has 2 heteroatoms. The molecule has 0 saturated carbocycles. The van der Waals surface area contributed by atoms with Crippen LogP contribution in [0.3, 0.4) is 0 Å². The van der Waals surface area contributed by atoms with Gasteiger partial charge >= 0.3 is 0 Å². The molecule has 0 atom stereocenters. The van der Waals surface area contributed by atoms with E-state index in [-0.39, 0.29) is 0 Å². The molecule has 0 fully saturated rings. The van der Waals surface area contributed by atoms with E-state index in [4.69, 9.17) is 5.84 Å². The standard InChI is InChI=1S/C10H11N2/c1-8-6-7-9-4-2-3-5-10(9)12(8)11/h2-7H,11H2,1H3/q+1. The molecule has 0 spiro atoms. The summed E-state index contributed by atoms with van der Waals surface area (Å²) in [6.07, 6.45) is 0. The number of pyridine rings is 1. The number of aromatic nitrogens is 1. The van der Waals surface area contributed by atoms with Gasteiger partial charge in [-0.2, -0.15) is 0 Å². The molecule has 2 N–H and O–H groups in total. The third kappa shape index (κ3) is 0.925. The molecule has 0 aliphatic rings. The van der Waals surface area contributed by atoms with E-state index in [9.17, 15) is 0 Å². The highest BCUT2D eigenvalue weighted by Gasteiger charge is 2.06. The van der Waals surface area contributed by atoms with Crippen molar-refractivity contribution in [2.24, 2.45) is 0 Å². The number of rotatable bonds is 0. The Labute approximate surface area is 71.2 Å². The lowest BCUT2D eigenvalue weighted by atomic mass is 10.2. The third-order valence-electron chi connectivity index (χ3n) is 2.08. The number of hydrogen-bond donors (Lipinski definition) is 1. The monoisotopic (exact) mass is 159 g/mol. The van der Waals surface area contributed by atoms with Gasteiger partial charge < -0.3 is 0 Å². The fourth-order valence-corrected chi connectivity index (χ4v) is 1.33. The first-order chi connectivity index (χ1) is 5.79. The van der Waals surface area contributed by atoms with Crippen LogP contribution in [0.4, 0.5) is 0 Å². The van der Waals surface area contributed by atoms with Crippen LogP contribution in [0.2, 0.25) is 0 Å². The average Bonchev–Trinajstić information content (AvgIpc) is 2.12. The smallest absolute Gasteiger partial charge is 0.205 e. The maximum atomic E-state index is 5.83. The van der Waals surface area contributed by atoms with Crippen LogP contribution in [0.15, 0.2) is 36.4 Å². The topological polar surface area (TPSA) is 29.9 Å². The molecule has 12 heavy (non-hydrogen) atoms. The zero-order valence-corrected chi connectivity index (χ0v) is 6.99. The normalized spacial score (nSPS) is 10.4. The average molecular weight is 159 g/mol. The maximum absolute atomic E-state index is 5.83. The second-order valence-corrected chi connectivity index (χ2v) is 2.90. The summed E-state index contributed by atoms with van der Waals surface area (Å²) >= 11 is 0. The summed E-state index contributed by atoms with van der Waals surface area (Å²) in [5.41, 5.74) is 2.13. The van der Waals surface area contributed by atoms with Crippen molar-refractivity contribution in [2.45, 2.75) is 6.92 Å². The van der Waals surface area contributed by atoms with Gasteiger partial charge in [0, 0.05) is 24.4 Å². The molecule has 1 aromatic heterocycles. The molecule has 2 nitrogen and oxygen atoms in total. The zero-order chi connectivity index (χ0) is 8.55. The van der Waals surface area contributed by atoms with E-state index in [1.54, 1.807) is 4.68 Å². The van der Waals surface area contributed by atoms with E-state index in [1.165, 1.54) is 5.39 Å². The van der Waals surface area contributed by atoms with E-state index >= 15 is 0 Å². The van der Waals surface area contributed by atoms with Crippen molar-refractivity contribution in [3.8, 4) is 0 Å². The molecule has 2 aromatic rings. The van der Waals surface area contributed by atoms with Gasteiger partial charge in [-0.3, -0.25) is 0 Å². The van der Waals surface area contributed by atoms with Gasteiger partial charge in [-0.05, 0) is 12.1 Å². The number of para-hydroxylation sites is 1. The fraction of sp³-hybridized carbons (Fsp3) is 0.100. The summed E-state index contributed by atoms with van der Waals surface area (Å²) in [4.78, 5) is 0. The Bertz CT molecular complexity index is 421. The minimum Gasteiger partial charge on any atom is -0.205 e. The Morgan fingerprint density at radius 1 is 1.08 bits per heavy atom. The van der Waals surface area contributed by atoms with Gasteiger partial charge in [-0.25, -0.2) is 5.84 Å². The van der Waals surface area contributed by atoms with Crippen LogP contribution in [0.1, 0.15) is 5.69 Å². The van der Waals surface area contributed by atoms with Gasteiger partial charge in [0.1, 0.15) is 0 Å². The second-order valence-electron chi connectivity index (χ2n) is 2.90. The van der Waals surface area contributed by atoms with Gasteiger partial charge in [-0.15, -0.1) is 0 Å². The third-order valence-corrected chi connectivity index (χ3v) is 2.08. The largest absolute Gasteiger partial charge is 0.242 e. The summed E-state index contributed by atoms with van der Waals surface area (Å²) in [6, 6.07) is 12.2. The number of nitrogen functional groups attached to an aromatic ring is 1. The van der Waals surface area contributed by atoms with E-state index < -0.39 is 0 Å². The van der Waals surface area contributed by atoms with Gasteiger partial charge in [0.05, 0.1) is 0 Å². The van der Waals surface area contributed by atoms with Crippen molar-refractivity contribution < 1.29 is 4.68 Å². The first-order valence-electron chi connectivity index (χ1n) is 3.94. The highest BCUT2D eigenvalue weighted by molar-refractivity contribution is 5.75. The highest BCUT2D eigenvalue weighted by atomic mass is 15.3. The lowest BCUT2D eigenvalue weighted by Gasteiger charge is -1.96. The van der Waals surface area contributed by atoms with Crippen molar-refractivity contribution in [3.05, 3.63) is 42.1 Å². The molecule has 0 radical (unpaired) electrons. The van der Waals surface area contributed by atoms with Crippen molar-refractivity contribution in [1.82, 2.24) is 0 Å². The molecule has 0 amide bonds. The van der Waals surface area contributed by atoms with Crippen LogP contribution in [0, 0.1) is 6.92 Å².